The number of aliphatic hydroxyl groups is 1. The first-order chi connectivity index (χ1) is 10.2. The molecule has 3 N–H and O–H groups in total. The lowest BCUT2D eigenvalue weighted by Crippen LogP contribution is -2.46. The summed E-state index contributed by atoms with van der Waals surface area (Å²) in [5.74, 6) is 1.16. The minimum Gasteiger partial charge on any atom is -0.398 e. The van der Waals surface area contributed by atoms with Gasteiger partial charge in [0.25, 0.3) is 0 Å². The van der Waals surface area contributed by atoms with E-state index in [1.54, 1.807) is 6.20 Å². The van der Waals surface area contributed by atoms with Crippen molar-refractivity contribution < 1.29 is 5.11 Å². The SMILES string of the molecule is Nc1ccncc1CC1(O)CCCCC1C1CCCCC1. The van der Waals surface area contributed by atoms with Crippen molar-refractivity contribution in [2.24, 2.45) is 11.8 Å². The van der Waals surface area contributed by atoms with Crippen LogP contribution in [-0.2, 0) is 6.42 Å². The summed E-state index contributed by atoms with van der Waals surface area (Å²) in [6.07, 6.45) is 15.4. The number of nitrogen functional groups attached to an aromatic ring is 1. The molecular weight excluding hydrogens is 260 g/mol. The molecule has 116 valence electrons. The van der Waals surface area contributed by atoms with E-state index in [2.05, 4.69) is 4.98 Å². The number of rotatable bonds is 3. The van der Waals surface area contributed by atoms with Crippen LogP contribution in [0, 0.1) is 11.8 Å². The predicted molar refractivity (Wildman–Crippen MR) is 85.8 cm³/mol. The zero-order valence-electron chi connectivity index (χ0n) is 12.9. The first kappa shape index (κ1) is 14.8. The molecule has 0 spiro atoms. The number of anilines is 1. The number of aromatic nitrogens is 1. The Hall–Kier alpha value is -1.09. The Bertz CT molecular complexity index is 470. The van der Waals surface area contributed by atoms with Crippen molar-refractivity contribution in [2.45, 2.75) is 69.8 Å². The van der Waals surface area contributed by atoms with Crippen molar-refractivity contribution in [1.29, 1.82) is 0 Å². The summed E-state index contributed by atoms with van der Waals surface area (Å²) in [7, 11) is 0. The van der Waals surface area contributed by atoms with Crippen LogP contribution in [-0.4, -0.2) is 15.7 Å². The Balaban J connectivity index is 1.79. The first-order valence-corrected chi connectivity index (χ1v) is 8.60. The average molecular weight is 288 g/mol. The average Bonchev–Trinajstić information content (AvgIpc) is 2.51. The molecule has 2 atom stereocenters. The molecule has 3 nitrogen and oxygen atoms in total. The van der Waals surface area contributed by atoms with Gasteiger partial charge in [-0.2, -0.15) is 0 Å². The molecule has 0 aliphatic heterocycles. The molecule has 0 bridgehead atoms. The van der Waals surface area contributed by atoms with E-state index in [9.17, 15) is 5.11 Å². The van der Waals surface area contributed by atoms with Gasteiger partial charge < -0.3 is 10.8 Å². The standard InChI is InChI=1S/C18H28N2O/c19-17-9-11-20-13-15(17)12-18(21)10-5-4-8-16(18)14-6-2-1-3-7-14/h9,11,13-14,16,21H,1-8,10,12H2,(H2,19,20). The summed E-state index contributed by atoms with van der Waals surface area (Å²) in [6, 6.07) is 1.84. The number of nitrogens with two attached hydrogens (primary N) is 1. The molecule has 3 heteroatoms. The zero-order chi connectivity index (χ0) is 14.7. The van der Waals surface area contributed by atoms with Crippen LogP contribution >= 0.6 is 0 Å². The Kier molecular flexibility index (Phi) is 4.48. The van der Waals surface area contributed by atoms with Crippen molar-refractivity contribution in [1.82, 2.24) is 4.98 Å². The lowest BCUT2D eigenvalue weighted by Gasteiger charge is -2.45. The summed E-state index contributed by atoms with van der Waals surface area (Å²) in [6.45, 7) is 0. The second-order valence-electron chi connectivity index (χ2n) is 7.11. The van der Waals surface area contributed by atoms with Crippen molar-refractivity contribution in [3.8, 4) is 0 Å². The highest BCUT2D eigenvalue weighted by Crippen LogP contribution is 2.45. The fraction of sp³-hybridized carbons (Fsp3) is 0.722. The molecule has 1 aromatic rings. The molecule has 0 saturated heterocycles. The van der Waals surface area contributed by atoms with E-state index in [-0.39, 0.29) is 0 Å². The molecule has 0 radical (unpaired) electrons. The zero-order valence-corrected chi connectivity index (χ0v) is 12.9. The Morgan fingerprint density at radius 1 is 1.14 bits per heavy atom. The van der Waals surface area contributed by atoms with Crippen LogP contribution in [0.1, 0.15) is 63.4 Å². The van der Waals surface area contributed by atoms with Gasteiger partial charge in [-0.1, -0.05) is 44.9 Å². The fourth-order valence-electron chi connectivity index (χ4n) is 4.60. The summed E-state index contributed by atoms with van der Waals surface area (Å²) < 4.78 is 0. The van der Waals surface area contributed by atoms with Gasteiger partial charge in [-0.05, 0) is 36.3 Å². The van der Waals surface area contributed by atoms with E-state index in [4.69, 9.17) is 5.73 Å². The molecule has 2 saturated carbocycles. The van der Waals surface area contributed by atoms with E-state index < -0.39 is 5.60 Å². The predicted octanol–water partition coefficient (Wildman–Crippen LogP) is 3.71. The van der Waals surface area contributed by atoms with E-state index in [1.807, 2.05) is 12.3 Å². The van der Waals surface area contributed by atoms with Crippen LogP contribution < -0.4 is 5.73 Å². The van der Waals surface area contributed by atoms with Gasteiger partial charge in [0, 0.05) is 24.5 Å². The molecule has 1 aromatic heterocycles. The van der Waals surface area contributed by atoms with Crippen LogP contribution in [0.4, 0.5) is 5.69 Å². The third-order valence-corrected chi connectivity index (χ3v) is 5.72. The lowest BCUT2D eigenvalue weighted by molar-refractivity contribution is -0.0766. The minimum atomic E-state index is -0.572. The van der Waals surface area contributed by atoms with Gasteiger partial charge in [0.05, 0.1) is 5.60 Å². The number of pyridine rings is 1. The molecule has 1 heterocycles. The van der Waals surface area contributed by atoms with Gasteiger partial charge in [0.2, 0.25) is 0 Å². The summed E-state index contributed by atoms with van der Waals surface area (Å²) in [4.78, 5) is 4.19. The molecule has 2 unspecified atom stereocenters. The third kappa shape index (κ3) is 3.23. The number of hydrogen-bond donors (Lipinski definition) is 2. The van der Waals surface area contributed by atoms with E-state index >= 15 is 0 Å². The lowest BCUT2D eigenvalue weighted by atomic mass is 9.64. The van der Waals surface area contributed by atoms with Crippen LogP contribution in [0.5, 0.6) is 0 Å². The molecule has 0 aromatic carbocycles. The topological polar surface area (TPSA) is 59.1 Å². The maximum Gasteiger partial charge on any atom is 0.0719 e. The van der Waals surface area contributed by atoms with Crippen molar-refractivity contribution in [2.75, 3.05) is 5.73 Å². The van der Waals surface area contributed by atoms with Gasteiger partial charge >= 0.3 is 0 Å². The number of hydrogen-bond acceptors (Lipinski definition) is 3. The smallest absolute Gasteiger partial charge is 0.0719 e. The van der Waals surface area contributed by atoms with Gasteiger partial charge in [-0.25, -0.2) is 0 Å². The largest absolute Gasteiger partial charge is 0.398 e. The van der Waals surface area contributed by atoms with Crippen LogP contribution in [0.25, 0.3) is 0 Å². The van der Waals surface area contributed by atoms with E-state index in [0.717, 1.165) is 24.1 Å². The van der Waals surface area contributed by atoms with E-state index in [0.29, 0.717) is 18.3 Å². The second-order valence-corrected chi connectivity index (χ2v) is 7.11. The Morgan fingerprint density at radius 3 is 2.67 bits per heavy atom. The number of nitrogens with zero attached hydrogens (tertiary/aromatic N) is 1. The normalized spacial score (nSPS) is 31.2. The van der Waals surface area contributed by atoms with Crippen molar-refractivity contribution >= 4 is 5.69 Å². The minimum absolute atomic E-state index is 0.450. The van der Waals surface area contributed by atoms with Gasteiger partial charge in [-0.3, -0.25) is 4.98 Å². The highest BCUT2D eigenvalue weighted by Gasteiger charge is 2.43. The van der Waals surface area contributed by atoms with Crippen LogP contribution in [0.2, 0.25) is 0 Å². The molecular formula is C18H28N2O. The molecule has 21 heavy (non-hydrogen) atoms. The van der Waals surface area contributed by atoms with Gasteiger partial charge in [-0.15, -0.1) is 0 Å². The molecule has 2 fully saturated rings. The maximum absolute atomic E-state index is 11.4. The molecule has 0 amide bonds. The summed E-state index contributed by atoms with van der Waals surface area (Å²) in [5.41, 5.74) is 7.28. The Morgan fingerprint density at radius 2 is 1.90 bits per heavy atom. The van der Waals surface area contributed by atoms with Crippen molar-refractivity contribution in [3.05, 3.63) is 24.0 Å². The van der Waals surface area contributed by atoms with Crippen LogP contribution in [0.15, 0.2) is 18.5 Å². The van der Waals surface area contributed by atoms with Gasteiger partial charge in [0.15, 0.2) is 0 Å². The molecule has 3 rings (SSSR count). The quantitative estimate of drug-likeness (QED) is 0.891. The fourth-order valence-corrected chi connectivity index (χ4v) is 4.60. The van der Waals surface area contributed by atoms with Crippen molar-refractivity contribution in [3.63, 3.8) is 0 Å². The highest BCUT2D eigenvalue weighted by molar-refractivity contribution is 5.45. The third-order valence-electron chi connectivity index (χ3n) is 5.72. The monoisotopic (exact) mass is 288 g/mol. The van der Waals surface area contributed by atoms with Gasteiger partial charge in [0.1, 0.15) is 0 Å². The maximum atomic E-state index is 11.4. The highest BCUT2D eigenvalue weighted by atomic mass is 16.3. The summed E-state index contributed by atoms with van der Waals surface area (Å²) >= 11 is 0. The second kappa shape index (κ2) is 6.35. The summed E-state index contributed by atoms with van der Waals surface area (Å²) in [5, 5.41) is 11.4. The molecule has 2 aliphatic carbocycles. The van der Waals surface area contributed by atoms with Crippen LogP contribution in [0.3, 0.4) is 0 Å². The van der Waals surface area contributed by atoms with E-state index in [1.165, 1.54) is 44.9 Å². The molecule has 2 aliphatic rings. The Labute approximate surface area is 128 Å². The first-order valence-electron chi connectivity index (χ1n) is 8.60.